The Morgan fingerprint density at radius 1 is 1.03 bits per heavy atom. The first-order chi connectivity index (χ1) is 13.8. The molecule has 1 aliphatic heterocycles. The van der Waals surface area contributed by atoms with E-state index in [0.29, 0.717) is 18.8 Å². The Labute approximate surface area is 178 Å². The van der Waals surface area contributed by atoms with Crippen LogP contribution in [0.5, 0.6) is 0 Å². The zero-order valence-electron chi connectivity index (χ0n) is 15.9. The molecule has 7 nitrogen and oxygen atoms in total. The van der Waals surface area contributed by atoms with Crippen molar-refractivity contribution in [1.29, 1.82) is 0 Å². The summed E-state index contributed by atoms with van der Waals surface area (Å²) in [6, 6.07) is 14.2. The molecule has 0 atom stereocenters. The van der Waals surface area contributed by atoms with Crippen LogP contribution < -0.4 is 5.32 Å². The summed E-state index contributed by atoms with van der Waals surface area (Å²) in [6.45, 7) is 1.21. The quantitative estimate of drug-likeness (QED) is 0.628. The van der Waals surface area contributed by atoms with E-state index in [9.17, 15) is 13.2 Å². The third kappa shape index (κ3) is 4.03. The largest absolute Gasteiger partial charge is 0.351 e. The maximum absolute atomic E-state index is 13.0. The number of nitrogens with zero attached hydrogens (tertiary/aromatic N) is 3. The highest BCUT2D eigenvalue weighted by atomic mass is 79.9. The zero-order valence-corrected chi connectivity index (χ0v) is 18.3. The Bertz CT molecular complexity index is 1170. The molecule has 2 aromatic carbocycles. The van der Waals surface area contributed by atoms with E-state index in [1.165, 1.54) is 4.31 Å². The first-order valence-electron chi connectivity index (χ1n) is 9.21. The Balaban J connectivity index is 1.43. The molecule has 1 fully saturated rings. The van der Waals surface area contributed by atoms with Crippen LogP contribution in [-0.4, -0.2) is 54.4 Å². The number of benzene rings is 2. The van der Waals surface area contributed by atoms with Gasteiger partial charge in [-0.2, -0.15) is 4.31 Å². The minimum absolute atomic E-state index is 0.231. The van der Waals surface area contributed by atoms with Gasteiger partial charge in [0.25, 0.3) is 0 Å². The fraction of sp³-hybridized carbons (Fsp3) is 0.250. The van der Waals surface area contributed by atoms with Crippen LogP contribution in [0.2, 0.25) is 0 Å². The number of carbonyl (C=O) groups excluding carboxylic acids is 1. The molecule has 1 N–H and O–H groups in total. The molecule has 0 bridgehead atoms. The Hall–Kier alpha value is -2.36. The van der Waals surface area contributed by atoms with Crippen molar-refractivity contribution in [3.8, 4) is 0 Å². The Morgan fingerprint density at radius 3 is 2.52 bits per heavy atom. The summed E-state index contributed by atoms with van der Waals surface area (Å²) < 4.78 is 30.3. The number of nitrogens with one attached hydrogen (secondary N) is 1. The number of hydrogen-bond acceptors (Lipinski definition) is 3. The van der Waals surface area contributed by atoms with E-state index in [2.05, 4.69) is 21.2 Å². The summed E-state index contributed by atoms with van der Waals surface area (Å²) in [5.41, 5.74) is 1.67. The minimum atomic E-state index is -3.60. The SMILES string of the molecule is Cn1ccc2cc(S(=O)(=O)N3CCN(C(=O)Nc4cccc(Br)c4)CC3)ccc21. The van der Waals surface area contributed by atoms with Gasteiger partial charge < -0.3 is 14.8 Å². The number of piperazine rings is 1. The number of amides is 2. The molecule has 1 saturated heterocycles. The minimum Gasteiger partial charge on any atom is -0.351 e. The Morgan fingerprint density at radius 2 is 1.79 bits per heavy atom. The lowest BCUT2D eigenvalue weighted by Gasteiger charge is -2.34. The first-order valence-corrected chi connectivity index (χ1v) is 11.4. The van der Waals surface area contributed by atoms with Crippen LogP contribution in [0, 0.1) is 0 Å². The van der Waals surface area contributed by atoms with E-state index < -0.39 is 10.0 Å². The van der Waals surface area contributed by atoms with Gasteiger partial charge in [-0.15, -0.1) is 0 Å². The molecule has 0 radical (unpaired) electrons. The summed E-state index contributed by atoms with van der Waals surface area (Å²) in [6.07, 6.45) is 1.91. The number of carbonyl (C=O) groups is 1. The van der Waals surface area contributed by atoms with Gasteiger partial charge in [-0.25, -0.2) is 13.2 Å². The third-order valence-electron chi connectivity index (χ3n) is 5.10. The second-order valence-corrected chi connectivity index (χ2v) is 9.83. The van der Waals surface area contributed by atoms with Gasteiger partial charge in [0.15, 0.2) is 0 Å². The van der Waals surface area contributed by atoms with Gasteiger partial charge in [0.05, 0.1) is 4.90 Å². The van der Waals surface area contributed by atoms with Crippen LogP contribution in [0.3, 0.4) is 0 Å². The van der Waals surface area contributed by atoms with Crippen LogP contribution in [-0.2, 0) is 17.1 Å². The number of sulfonamides is 1. The molecular formula is C20H21BrN4O3S. The standard InChI is InChI=1S/C20H21BrN4O3S/c1-23-8-7-15-13-18(5-6-19(15)23)29(27,28)25-11-9-24(10-12-25)20(26)22-17-4-2-3-16(21)14-17/h2-8,13-14H,9-12H2,1H3,(H,22,26). The fourth-order valence-electron chi connectivity index (χ4n) is 3.47. The third-order valence-corrected chi connectivity index (χ3v) is 7.48. The van der Waals surface area contributed by atoms with E-state index >= 15 is 0 Å². The van der Waals surface area contributed by atoms with Crippen molar-refractivity contribution in [3.63, 3.8) is 0 Å². The van der Waals surface area contributed by atoms with E-state index in [-0.39, 0.29) is 24.0 Å². The molecule has 29 heavy (non-hydrogen) atoms. The van der Waals surface area contributed by atoms with Crippen LogP contribution in [0.1, 0.15) is 0 Å². The number of halogens is 1. The molecule has 0 unspecified atom stereocenters. The highest BCUT2D eigenvalue weighted by Crippen LogP contribution is 2.23. The smallest absolute Gasteiger partial charge is 0.321 e. The number of aryl methyl sites for hydroxylation is 1. The highest BCUT2D eigenvalue weighted by molar-refractivity contribution is 9.10. The van der Waals surface area contributed by atoms with E-state index in [1.807, 2.05) is 54.2 Å². The number of anilines is 1. The van der Waals surface area contributed by atoms with Gasteiger partial charge in [0.2, 0.25) is 10.0 Å². The van der Waals surface area contributed by atoms with Crippen molar-refractivity contribution in [2.75, 3.05) is 31.5 Å². The molecule has 152 valence electrons. The van der Waals surface area contributed by atoms with Gasteiger partial charge in [-0.05, 0) is 42.5 Å². The number of aromatic nitrogens is 1. The number of hydrogen-bond donors (Lipinski definition) is 1. The van der Waals surface area contributed by atoms with Crippen molar-refractivity contribution >= 4 is 48.6 Å². The lowest BCUT2D eigenvalue weighted by Crippen LogP contribution is -2.51. The number of urea groups is 1. The summed E-state index contributed by atoms with van der Waals surface area (Å²) >= 11 is 3.38. The summed E-state index contributed by atoms with van der Waals surface area (Å²) in [7, 11) is -1.67. The maximum atomic E-state index is 13.0. The van der Waals surface area contributed by atoms with Crippen LogP contribution in [0.4, 0.5) is 10.5 Å². The van der Waals surface area contributed by atoms with Crippen LogP contribution in [0.15, 0.2) is 64.1 Å². The predicted molar refractivity (Wildman–Crippen MR) is 116 cm³/mol. The van der Waals surface area contributed by atoms with Crippen LogP contribution in [0.25, 0.3) is 10.9 Å². The molecule has 3 aromatic rings. The fourth-order valence-corrected chi connectivity index (χ4v) is 5.33. The second kappa shape index (κ2) is 7.81. The molecule has 0 saturated carbocycles. The van der Waals surface area contributed by atoms with Gasteiger partial charge in [-0.3, -0.25) is 0 Å². The van der Waals surface area contributed by atoms with Crippen molar-refractivity contribution in [3.05, 3.63) is 59.2 Å². The zero-order chi connectivity index (χ0) is 20.6. The van der Waals surface area contributed by atoms with Crippen molar-refractivity contribution < 1.29 is 13.2 Å². The molecule has 1 aromatic heterocycles. The van der Waals surface area contributed by atoms with E-state index in [1.54, 1.807) is 17.0 Å². The first kappa shape index (κ1) is 19.9. The Kier molecular flexibility index (Phi) is 5.37. The molecule has 0 aliphatic carbocycles. The van der Waals surface area contributed by atoms with E-state index in [4.69, 9.17) is 0 Å². The summed E-state index contributed by atoms with van der Waals surface area (Å²) in [5.74, 6) is 0. The van der Waals surface area contributed by atoms with Gasteiger partial charge >= 0.3 is 6.03 Å². The number of rotatable bonds is 3. The van der Waals surface area contributed by atoms with Crippen molar-refractivity contribution in [2.24, 2.45) is 7.05 Å². The molecule has 2 amide bonds. The van der Waals surface area contributed by atoms with Crippen LogP contribution >= 0.6 is 15.9 Å². The normalized spacial score (nSPS) is 15.6. The topological polar surface area (TPSA) is 74.7 Å². The summed E-state index contributed by atoms with van der Waals surface area (Å²) in [5, 5.41) is 3.74. The van der Waals surface area contributed by atoms with Crippen molar-refractivity contribution in [1.82, 2.24) is 13.8 Å². The number of fused-ring (bicyclic) bond motifs is 1. The predicted octanol–water partition coefficient (Wildman–Crippen LogP) is 3.48. The average molecular weight is 477 g/mol. The maximum Gasteiger partial charge on any atom is 0.321 e. The summed E-state index contributed by atoms with van der Waals surface area (Å²) in [4.78, 5) is 14.4. The molecule has 9 heteroatoms. The molecular weight excluding hydrogens is 456 g/mol. The van der Waals surface area contributed by atoms with E-state index in [0.717, 1.165) is 15.4 Å². The average Bonchev–Trinajstić information content (AvgIpc) is 3.08. The monoisotopic (exact) mass is 476 g/mol. The molecule has 0 spiro atoms. The highest BCUT2D eigenvalue weighted by Gasteiger charge is 2.30. The van der Waals surface area contributed by atoms with Crippen molar-refractivity contribution in [2.45, 2.75) is 4.90 Å². The van der Waals surface area contributed by atoms with Gasteiger partial charge in [-0.1, -0.05) is 22.0 Å². The lowest BCUT2D eigenvalue weighted by atomic mass is 10.2. The lowest BCUT2D eigenvalue weighted by molar-refractivity contribution is 0.184. The molecule has 4 rings (SSSR count). The second-order valence-electron chi connectivity index (χ2n) is 6.98. The van der Waals surface area contributed by atoms with Gasteiger partial charge in [0.1, 0.15) is 0 Å². The molecule has 2 heterocycles. The van der Waals surface area contributed by atoms with Gasteiger partial charge in [0, 0.05) is 60.5 Å². The molecule has 1 aliphatic rings.